The highest BCUT2D eigenvalue weighted by atomic mass is 35.5. The minimum atomic E-state index is 0.119. The molecule has 2 heteroatoms. The summed E-state index contributed by atoms with van der Waals surface area (Å²) in [7, 11) is 1.78. The van der Waals surface area contributed by atoms with E-state index < -0.39 is 0 Å². The normalized spacial score (nSPS) is 26.8. The quantitative estimate of drug-likeness (QED) is 0.639. The summed E-state index contributed by atoms with van der Waals surface area (Å²) < 4.78 is 5.52. The highest BCUT2D eigenvalue weighted by molar-refractivity contribution is 6.20. The zero-order valence-electron chi connectivity index (χ0n) is 8.98. The fraction of sp³-hybridized carbons (Fsp3) is 1.00. The zero-order valence-corrected chi connectivity index (χ0v) is 9.73. The van der Waals surface area contributed by atoms with Gasteiger partial charge in [0, 0.05) is 7.11 Å². The van der Waals surface area contributed by atoms with Crippen LogP contribution in [-0.2, 0) is 4.74 Å². The largest absolute Gasteiger partial charge is 0.379 e. The van der Waals surface area contributed by atoms with Crippen LogP contribution in [-0.4, -0.2) is 18.6 Å². The van der Waals surface area contributed by atoms with Crippen molar-refractivity contribution in [3.05, 3.63) is 0 Å². The lowest BCUT2D eigenvalue weighted by molar-refractivity contribution is -0.0234. The second-order valence-electron chi connectivity index (χ2n) is 4.55. The van der Waals surface area contributed by atoms with Crippen LogP contribution in [0.1, 0.15) is 46.0 Å². The Morgan fingerprint density at radius 1 is 1.23 bits per heavy atom. The van der Waals surface area contributed by atoms with Crippen LogP contribution in [0.25, 0.3) is 0 Å². The van der Waals surface area contributed by atoms with E-state index in [1.54, 1.807) is 7.11 Å². The number of alkyl halides is 1. The van der Waals surface area contributed by atoms with E-state index in [-0.39, 0.29) is 11.5 Å². The molecule has 1 rings (SSSR count). The molecule has 0 aromatic rings. The lowest BCUT2D eigenvalue weighted by Crippen LogP contribution is -2.40. The average Bonchev–Trinajstić information content (AvgIpc) is 2.05. The van der Waals surface area contributed by atoms with E-state index in [1.165, 1.54) is 32.1 Å². The van der Waals surface area contributed by atoms with Gasteiger partial charge in [-0.05, 0) is 25.2 Å². The molecule has 0 N–H and O–H groups in total. The lowest BCUT2D eigenvalue weighted by Gasteiger charge is -2.41. The molecule has 0 aromatic heterocycles. The van der Waals surface area contributed by atoms with E-state index in [2.05, 4.69) is 6.92 Å². The van der Waals surface area contributed by atoms with Crippen molar-refractivity contribution in [1.29, 1.82) is 0 Å². The van der Waals surface area contributed by atoms with Gasteiger partial charge in [0.2, 0.25) is 0 Å². The van der Waals surface area contributed by atoms with Crippen LogP contribution < -0.4 is 0 Å². The van der Waals surface area contributed by atoms with Crippen LogP contribution in [0.5, 0.6) is 0 Å². The molecule has 0 aliphatic heterocycles. The third-order valence-corrected chi connectivity index (χ3v) is 3.58. The van der Waals surface area contributed by atoms with Gasteiger partial charge < -0.3 is 4.74 Å². The van der Waals surface area contributed by atoms with Crippen molar-refractivity contribution >= 4 is 11.6 Å². The van der Waals surface area contributed by atoms with Crippen LogP contribution in [0.4, 0.5) is 0 Å². The summed E-state index contributed by atoms with van der Waals surface area (Å²) in [6.45, 7) is 4.36. The molecule has 2 unspecified atom stereocenters. The molecule has 0 amide bonds. The fourth-order valence-electron chi connectivity index (χ4n) is 2.67. The van der Waals surface area contributed by atoms with Gasteiger partial charge >= 0.3 is 0 Å². The van der Waals surface area contributed by atoms with Gasteiger partial charge in [-0.3, -0.25) is 0 Å². The first-order chi connectivity index (χ1) is 6.10. The zero-order chi connectivity index (χ0) is 9.90. The van der Waals surface area contributed by atoms with Crippen LogP contribution in [0.3, 0.4) is 0 Å². The second kappa shape index (κ2) is 4.65. The van der Waals surface area contributed by atoms with E-state index >= 15 is 0 Å². The molecule has 1 aliphatic carbocycles. The molecule has 1 saturated carbocycles. The minimum Gasteiger partial charge on any atom is -0.379 e. The molecule has 2 atom stereocenters. The van der Waals surface area contributed by atoms with Gasteiger partial charge in [-0.25, -0.2) is 0 Å². The number of hydrogen-bond acceptors (Lipinski definition) is 1. The fourth-order valence-corrected chi connectivity index (χ4v) is 3.08. The molecule has 0 aromatic carbocycles. The summed E-state index contributed by atoms with van der Waals surface area (Å²) in [4.78, 5) is 0. The van der Waals surface area contributed by atoms with Crippen molar-refractivity contribution in [3.63, 3.8) is 0 Å². The van der Waals surface area contributed by atoms with Gasteiger partial charge in [0.1, 0.15) is 0 Å². The summed E-state index contributed by atoms with van der Waals surface area (Å²) in [5.41, 5.74) is 0.314. The first-order valence-corrected chi connectivity index (χ1v) is 5.71. The Kier molecular flexibility index (Phi) is 4.06. The Morgan fingerprint density at radius 2 is 1.77 bits per heavy atom. The smallest absolute Gasteiger partial charge is 0.0785 e. The maximum absolute atomic E-state index is 6.14. The number of rotatable bonds is 3. The Labute approximate surface area is 86.8 Å². The van der Waals surface area contributed by atoms with Crippen LogP contribution in [0, 0.1) is 5.41 Å². The molecule has 1 nitrogen and oxygen atoms in total. The molecular formula is C11H21ClO. The number of hydrogen-bond donors (Lipinski definition) is 0. The second-order valence-corrected chi connectivity index (χ2v) is 5.24. The monoisotopic (exact) mass is 204 g/mol. The number of halogens is 1. The third-order valence-electron chi connectivity index (χ3n) is 3.35. The van der Waals surface area contributed by atoms with Crippen molar-refractivity contribution in [2.24, 2.45) is 5.41 Å². The van der Waals surface area contributed by atoms with E-state index in [0.29, 0.717) is 5.41 Å². The molecular weight excluding hydrogens is 184 g/mol. The predicted molar refractivity (Wildman–Crippen MR) is 57.3 cm³/mol. The van der Waals surface area contributed by atoms with Gasteiger partial charge in [0.25, 0.3) is 0 Å². The standard InChI is InChI=1S/C11H21ClO/c1-9(12)10(13-3)11(2)7-5-4-6-8-11/h9-10H,4-8H2,1-3H3. The number of methoxy groups -OCH3 is 1. The van der Waals surface area contributed by atoms with Crippen LogP contribution in [0.2, 0.25) is 0 Å². The van der Waals surface area contributed by atoms with E-state index in [4.69, 9.17) is 16.3 Å². The molecule has 78 valence electrons. The van der Waals surface area contributed by atoms with Crippen LogP contribution in [0.15, 0.2) is 0 Å². The maximum Gasteiger partial charge on any atom is 0.0785 e. The molecule has 0 saturated heterocycles. The highest BCUT2D eigenvalue weighted by Gasteiger charge is 2.37. The molecule has 0 spiro atoms. The van der Waals surface area contributed by atoms with Gasteiger partial charge in [0.05, 0.1) is 11.5 Å². The van der Waals surface area contributed by atoms with Gasteiger partial charge in [-0.15, -0.1) is 11.6 Å². The van der Waals surface area contributed by atoms with E-state index in [1.807, 2.05) is 6.92 Å². The molecule has 1 aliphatic rings. The molecule has 13 heavy (non-hydrogen) atoms. The van der Waals surface area contributed by atoms with E-state index in [9.17, 15) is 0 Å². The summed E-state index contributed by atoms with van der Waals surface area (Å²) in [6.07, 6.45) is 6.79. The van der Waals surface area contributed by atoms with Gasteiger partial charge in [0.15, 0.2) is 0 Å². The highest BCUT2D eigenvalue weighted by Crippen LogP contribution is 2.41. The first-order valence-electron chi connectivity index (χ1n) is 5.27. The van der Waals surface area contributed by atoms with Gasteiger partial charge in [-0.2, -0.15) is 0 Å². The topological polar surface area (TPSA) is 9.23 Å². The Hall–Kier alpha value is 0.250. The summed E-state index contributed by atoms with van der Waals surface area (Å²) in [6, 6.07) is 0. The molecule has 1 fully saturated rings. The van der Waals surface area contributed by atoms with Crippen molar-refractivity contribution in [2.75, 3.05) is 7.11 Å². The van der Waals surface area contributed by atoms with Crippen molar-refractivity contribution < 1.29 is 4.74 Å². The molecule has 0 bridgehead atoms. The predicted octanol–water partition coefficient (Wildman–Crippen LogP) is 3.60. The van der Waals surface area contributed by atoms with Crippen molar-refractivity contribution in [3.8, 4) is 0 Å². The van der Waals surface area contributed by atoms with Gasteiger partial charge in [-0.1, -0.05) is 26.2 Å². The Bertz CT molecular complexity index is 150. The van der Waals surface area contributed by atoms with E-state index in [0.717, 1.165) is 0 Å². The SMILES string of the molecule is COC(C(C)Cl)C1(C)CCCCC1. The first kappa shape index (κ1) is 11.3. The minimum absolute atomic E-state index is 0.119. The Morgan fingerprint density at radius 3 is 2.15 bits per heavy atom. The summed E-state index contributed by atoms with van der Waals surface area (Å²) in [5.74, 6) is 0. The third kappa shape index (κ3) is 2.60. The summed E-state index contributed by atoms with van der Waals surface area (Å²) in [5, 5.41) is 0.119. The molecule has 0 heterocycles. The van der Waals surface area contributed by atoms with Crippen LogP contribution >= 0.6 is 11.6 Å². The molecule has 0 radical (unpaired) electrons. The summed E-state index contributed by atoms with van der Waals surface area (Å²) >= 11 is 6.14. The van der Waals surface area contributed by atoms with Crippen molar-refractivity contribution in [1.82, 2.24) is 0 Å². The average molecular weight is 205 g/mol. The number of ether oxygens (including phenoxy) is 1. The van der Waals surface area contributed by atoms with Crippen molar-refractivity contribution in [2.45, 2.75) is 57.4 Å². The maximum atomic E-state index is 6.14. The Balaban J connectivity index is 2.63. The lowest BCUT2D eigenvalue weighted by atomic mass is 9.71.